The molecule has 124 valence electrons. The highest BCUT2D eigenvalue weighted by Crippen LogP contribution is 2.22. The van der Waals surface area contributed by atoms with Crippen LogP contribution < -0.4 is 21.5 Å². The number of thiocarbonyl (C=S) groups is 2. The van der Waals surface area contributed by atoms with Crippen molar-refractivity contribution in [2.45, 2.75) is 6.54 Å². The van der Waals surface area contributed by atoms with Crippen molar-refractivity contribution >= 4 is 46.0 Å². The third-order valence-corrected chi connectivity index (χ3v) is 3.38. The van der Waals surface area contributed by atoms with Crippen LogP contribution in [0.5, 0.6) is 0 Å². The van der Waals surface area contributed by atoms with Crippen LogP contribution in [0.1, 0.15) is 5.56 Å². The quantitative estimate of drug-likeness (QED) is 0.375. The molecule has 0 atom stereocenters. The van der Waals surface area contributed by atoms with Crippen molar-refractivity contribution in [3.05, 3.63) is 70.3 Å². The first kappa shape index (κ1) is 17.6. The molecule has 24 heavy (non-hydrogen) atoms. The molecule has 7 nitrogen and oxygen atoms in total. The van der Waals surface area contributed by atoms with Crippen molar-refractivity contribution in [2.75, 3.05) is 5.32 Å². The van der Waals surface area contributed by atoms with Gasteiger partial charge >= 0.3 is 0 Å². The van der Waals surface area contributed by atoms with Gasteiger partial charge in [0.15, 0.2) is 10.2 Å². The molecule has 0 unspecified atom stereocenters. The number of hydrogen-bond donors (Lipinski definition) is 4. The van der Waals surface area contributed by atoms with E-state index < -0.39 is 4.92 Å². The number of hydrazine groups is 1. The summed E-state index contributed by atoms with van der Waals surface area (Å²) < 4.78 is 0. The Bertz CT molecular complexity index is 740. The number of nitro benzene ring substituents is 1. The molecule has 0 aliphatic rings. The maximum Gasteiger partial charge on any atom is 0.292 e. The molecule has 0 aromatic heterocycles. The smallest absolute Gasteiger partial charge is 0.292 e. The molecule has 2 aromatic rings. The highest BCUT2D eigenvalue weighted by Gasteiger charge is 2.13. The SMILES string of the molecule is O=[N+]([O-])c1ccccc1NC(=S)NNC(=S)NCc1ccccc1. The molecule has 0 spiro atoms. The number of nitro groups is 1. The van der Waals surface area contributed by atoms with E-state index in [0.29, 0.717) is 17.3 Å². The summed E-state index contributed by atoms with van der Waals surface area (Å²) in [5.74, 6) is 0. The molecule has 2 rings (SSSR count). The maximum absolute atomic E-state index is 10.9. The van der Waals surface area contributed by atoms with Crippen molar-refractivity contribution in [1.82, 2.24) is 16.2 Å². The average molecular weight is 361 g/mol. The summed E-state index contributed by atoms with van der Waals surface area (Å²) >= 11 is 10.2. The van der Waals surface area contributed by atoms with E-state index in [0.717, 1.165) is 5.56 Å². The highest BCUT2D eigenvalue weighted by atomic mass is 32.1. The van der Waals surface area contributed by atoms with E-state index in [1.54, 1.807) is 18.2 Å². The lowest BCUT2D eigenvalue weighted by Gasteiger charge is -2.14. The summed E-state index contributed by atoms with van der Waals surface area (Å²) in [5.41, 5.74) is 6.71. The lowest BCUT2D eigenvalue weighted by atomic mass is 10.2. The monoisotopic (exact) mass is 361 g/mol. The molecule has 0 saturated carbocycles. The van der Waals surface area contributed by atoms with E-state index in [-0.39, 0.29) is 10.8 Å². The molecule has 0 aliphatic heterocycles. The van der Waals surface area contributed by atoms with Crippen molar-refractivity contribution in [3.8, 4) is 0 Å². The van der Waals surface area contributed by atoms with Gasteiger partial charge in [-0.15, -0.1) is 0 Å². The zero-order valence-electron chi connectivity index (χ0n) is 12.5. The fourth-order valence-electron chi connectivity index (χ4n) is 1.83. The Kier molecular flexibility index (Phi) is 6.41. The van der Waals surface area contributed by atoms with Crippen LogP contribution in [0.2, 0.25) is 0 Å². The van der Waals surface area contributed by atoms with E-state index in [2.05, 4.69) is 21.5 Å². The number of nitrogens with one attached hydrogen (secondary N) is 4. The molecule has 4 N–H and O–H groups in total. The molecule has 0 radical (unpaired) electrons. The number of anilines is 1. The van der Waals surface area contributed by atoms with Crippen LogP contribution in [0.15, 0.2) is 54.6 Å². The molecule has 0 aliphatic carbocycles. The minimum absolute atomic E-state index is 0.0635. The van der Waals surface area contributed by atoms with Crippen LogP contribution in [0.4, 0.5) is 11.4 Å². The summed E-state index contributed by atoms with van der Waals surface area (Å²) in [6.45, 7) is 0.568. The summed E-state index contributed by atoms with van der Waals surface area (Å²) in [6, 6.07) is 16.0. The maximum atomic E-state index is 10.9. The van der Waals surface area contributed by atoms with Gasteiger partial charge in [0, 0.05) is 12.6 Å². The lowest BCUT2D eigenvalue weighted by Crippen LogP contribution is -2.48. The summed E-state index contributed by atoms with van der Waals surface area (Å²) in [6.07, 6.45) is 0. The van der Waals surface area contributed by atoms with Gasteiger partial charge in [-0.05, 0) is 36.1 Å². The van der Waals surface area contributed by atoms with Crippen molar-refractivity contribution in [2.24, 2.45) is 0 Å². The van der Waals surface area contributed by atoms with Gasteiger partial charge in [-0.2, -0.15) is 0 Å². The molecular weight excluding hydrogens is 346 g/mol. The Morgan fingerprint density at radius 1 is 0.958 bits per heavy atom. The molecule has 9 heteroatoms. The third-order valence-electron chi connectivity index (χ3n) is 2.93. The van der Waals surface area contributed by atoms with Crippen molar-refractivity contribution in [3.63, 3.8) is 0 Å². The fraction of sp³-hybridized carbons (Fsp3) is 0.0667. The number of para-hydroxylation sites is 2. The second-order valence-corrected chi connectivity index (χ2v) is 5.46. The van der Waals surface area contributed by atoms with Gasteiger partial charge in [-0.25, -0.2) is 0 Å². The molecule has 0 heterocycles. The van der Waals surface area contributed by atoms with Crippen LogP contribution in [0, 0.1) is 10.1 Å². The van der Waals surface area contributed by atoms with E-state index >= 15 is 0 Å². The van der Waals surface area contributed by atoms with Crippen LogP contribution in [0.25, 0.3) is 0 Å². The standard InChI is InChI=1S/C15H15N5O2S2/c21-20(22)13-9-5-4-8-12(13)17-15(24)19-18-14(23)16-10-11-6-2-1-3-7-11/h1-9H,10H2,(H2,16,18,23)(H2,17,19,24). The fourth-order valence-corrected chi connectivity index (χ4v) is 2.11. The first-order chi connectivity index (χ1) is 11.6. The van der Waals surface area contributed by atoms with Gasteiger partial charge in [0.05, 0.1) is 4.92 Å². The van der Waals surface area contributed by atoms with Gasteiger partial charge in [0.1, 0.15) is 5.69 Å². The largest absolute Gasteiger partial charge is 0.357 e. The van der Waals surface area contributed by atoms with E-state index in [9.17, 15) is 10.1 Å². The van der Waals surface area contributed by atoms with Crippen molar-refractivity contribution < 1.29 is 4.92 Å². The number of rotatable bonds is 4. The predicted molar refractivity (Wildman–Crippen MR) is 101 cm³/mol. The van der Waals surface area contributed by atoms with Gasteiger partial charge < -0.3 is 10.6 Å². The van der Waals surface area contributed by atoms with Gasteiger partial charge in [0.25, 0.3) is 5.69 Å². The molecule has 0 saturated heterocycles. The Morgan fingerprint density at radius 3 is 2.29 bits per heavy atom. The minimum atomic E-state index is -0.482. The second-order valence-electron chi connectivity index (χ2n) is 4.65. The molecular formula is C15H15N5O2S2. The highest BCUT2D eigenvalue weighted by molar-refractivity contribution is 7.80. The zero-order chi connectivity index (χ0) is 17.4. The molecule has 0 fully saturated rings. The minimum Gasteiger partial charge on any atom is -0.357 e. The van der Waals surface area contributed by atoms with Crippen molar-refractivity contribution in [1.29, 1.82) is 0 Å². The number of benzene rings is 2. The van der Waals surface area contributed by atoms with Crippen LogP contribution in [0.3, 0.4) is 0 Å². The molecule has 2 aromatic carbocycles. The van der Waals surface area contributed by atoms with Gasteiger partial charge in [0.2, 0.25) is 0 Å². The van der Waals surface area contributed by atoms with Crippen LogP contribution >= 0.6 is 24.4 Å². The third kappa shape index (κ3) is 5.45. The molecule has 0 bridgehead atoms. The lowest BCUT2D eigenvalue weighted by molar-refractivity contribution is -0.383. The second kappa shape index (κ2) is 8.75. The van der Waals surface area contributed by atoms with Gasteiger partial charge in [-0.1, -0.05) is 42.5 Å². The summed E-state index contributed by atoms with van der Waals surface area (Å²) in [7, 11) is 0. The van der Waals surface area contributed by atoms with Crippen LogP contribution in [-0.4, -0.2) is 15.1 Å². The summed E-state index contributed by atoms with van der Waals surface area (Å²) in [5, 5.41) is 17.2. The normalized spacial score (nSPS) is 9.67. The Morgan fingerprint density at radius 2 is 1.58 bits per heavy atom. The van der Waals surface area contributed by atoms with E-state index in [4.69, 9.17) is 24.4 Å². The van der Waals surface area contributed by atoms with Gasteiger partial charge in [-0.3, -0.25) is 21.0 Å². The molecule has 0 amide bonds. The number of nitrogens with zero attached hydrogens (tertiary/aromatic N) is 1. The topological polar surface area (TPSA) is 91.3 Å². The van der Waals surface area contributed by atoms with Crippen LogP contribution in [-0.2, 0) is 6.54 Å². The van der Waals surface area contributed by atoms with E-state index in [1.807, 2.05) is 30.3 Å². The Balaban J connectivity index is 1.79. The van der Waals surface area contributed by atoms with E-state index in [1.165, 1.54) is 6.07 Å². The summed E-state index contributed by atoms with van der Waals surface area (Å²) in [4.78, 5) is 10.5. The Labute approximate surface area is 149 Å². The number of hydrogen-bond acceptors (Lipinski definition) is 4. The Hall–Kier alpha value is -2.78. The zero-order valence-corrected chi connectivity index (χ0v) is 14.1. The first-order valence-electron chi connectivity index (χ1n) is 6.94. The first-order valence-corrected chi connectivity index (χ1v) is 7.76. The average Bonchev–Trinajstić information content (AvgIpc) is 2.59. The predicted octanol–water partition coefficient (Wildman–Crippen LogP) is 2.46.